The second-order valence-electron chi connectivity index (χ2n) is 9.00. The Balaban J connectivity index is 1.28. The lowest BCUT2D eigenvalue weighted by molar-refractivity contribution is 0.0949. The van der Waals surface area contributed by atoms with Gasteiger partial charge in [-0.2, -0.15) is 0 Å². The van der Waals surface area contributed by atoms with Gasteiger partial charge in [0.05, 0.1) is 36.4 Å². The van der Waals surface area contributed by atoms with Gasteiger partial charge in [-0.25, -0.2) is 4.98 Å². The summed E-state index contributed by atoms with van der Waals surface area (Å²) in [5.41, 5.74) is 6.21. The molecule has 1 aliphatic rings. The summed E-state index contributed by atoms with van der Waals surface area (Å²) in [6, 6.07) is 21.9. The molecular formula is C29H29ClN4O2. The summed E-state index contributed by atoms with van der Waals surface area (Å²) in [6.45, 7) is 5.30. The van der Waals surface area contributed by atoms with Crippen LogP contribution < -0.4 is 15.0 Å². The molecular weight excluding hydrogens is 472 g/mol. The third-order valence-electron chi connectivity index (χ3n) is 6.55. The van der Waals surface area contributed by atoms with E-state index >= 15 is 0 Å². The number of rotatable bonds is 8. The molecule has 0 atom stereocenters. The first-order valence-corrected chi connectivity index (χ1v) is 12.5. The van der Waals surface area contributed by atoms with Crippen LogP contribution >= 0.6 is 11.6 Å². The minimum atomic E-state index is -0.116. The Morgan fingerprint density at radius 2 is 1.89 bits per heavy atom. The molecule has 7 heteroatoms. The quantitative estimate of drug-likeness (QED) is 0.358. The van der Waals surface area contributed by atoms with E-state index in [0.29, 0.717) is 37.6 Å². The molecule has 0 fully saturated rings. The number of aromatic nitrogens is 2. The average molecular weight is 501 g/mol. The number of para-hydroxylation sites is 1. The zero-order chi connectivity index (χ0) is 24.9. The van der Waals surface area contributed by atoms with E-state index in [1.807, 2.05) is 67.1 Å². The van der Waals surface area contributed by atoms with Gasteiger partial charge >= 0.3 is 0 Å². The third-order valence-corrected chi connectivity index (χ3v) is 6.80. The number of halogens is 1. The number of carbonyl (C=O) groups excluding carboxylic acids is 1. The normalized spacial score (nSPS) is 12.7. The van der Waals surface area contributed by atoms with Gasteiger partial charge < -0.3 is 19.5 Å². The van der Waals surface area contributed by atoms with E-state index in [-0.39, 0.29) is 5.91 Å². The molecule has 1 aromatic heterocycles. The predicted octanol–water partition coefficient (Wildman–Crippen LogP) is 5.26. The molecule has 1 amide bonds. The number of imidazole rings is 1. The SMILES string of the molecule is Cc1ccccc1CCNC(=O)c1cccc2c1OCCN2Cc1cncn1Cc1ccc(Cl)cc1. The minimum absolute atomic E-state index is 0.116. The van der Waals surface area contributed by atoms with E-state index in [1.54, 1.807) is 0 Å². The summed E-state index contributed by atoms with van der Waals surface area (Å²) >= 11 is 6.03. The predicted molar refractivity (Wildman–Crippen MR) is 143 cm³/mol. The molecule has 1 aliphatic heterocycles. The van der Waals surface area contributed by atoms with E-state index in [0.717, 1.165) is 34.9 Å². The second kappa shape index (κ2) is 10.9. The summed E-state index contributed by atoms with van der Waals surface area (Å²) in [6.07, 6.45) is 4.54. The number of benzene rings is 3. The first-order valence-electron chi connectivity index (χ1n) is 12.2. The molecule has 5 rings (SSSR count). The van der Waals surface area contributed by atoms with Crippen molar-refractivity contribution in [3.63, 3.8) is 0 Å². The van der Waals surface area contributed by atoms with Crippen molar-refractivity contribution in [2.24, 2.45) is 0 Å². The van der Waals surface area contributed by atoms with Crippen molar-refractivity contribution in [3.05, 3.63) is 112 Å². The van der Waals surface area contributed by atoms with Crippen LogP contribution in [-0.2, 0) is 19.5 Å². The lowest BCUT2D eigenvalue weighted by Gasteiger charge is -2.32. The highest BCUT2D eigenvalue weighted by molar-refractivity contribution is 6.30. The van der Waals surface area contributed by atoms with Gasteiger partial charge in [-0.15, -0.1) is 0 Å². The highest BCUT2D eigenvalue weighted by Crippen LogP contribution is 2.35. The molecule has 1 N–H and O–H groups in total. The van der Waals surface area contributed by atoms with Crippen LogP contribution in [0.15, 0.2) is 79.3 Å². The van der Waals surface area contributed by atoms with Gasteiger partial charge in [0.25, 0.3) is 5.91 Å². The highest BCUT2D eigenvalue weighted by Gasteiger charge is 2.24. The topological polar surface area (TPSA) is 59.4 Å². The number of hydrogen-bond donors (Lipinski definition) is 1. The van der Waals surface area contributed by atoms with E-state index in [2.05, 4.69) is 38.8 Å². The molecule has 6 nitrogen and oxygen atoms in total. The summed E-state index contributed by atoms with van der Waals surface area (Å²) < 4.78 is 8.15. The first kappa shape index (κ1) is 23.9. The number of aryl methyl sites for hydroxylation is 1. The number of nitrogens with one attached hydrogen (secondary N) is 1. The van der Waals surface area contributed by atoms with Crippen molar-refractivity contribution >= 4 is 23.2 Å². The van der Waals surface area contributed by atoms with Crippen molar-refractivity contribution < 1.29 is 9.53 Å². The van der Waals surface area contributed by atoms with Gasteiger partial charge in [-0.3, -0.25) is 4.79 Å². The van der Waals surface area contributed by atoms with E-state index in [4.69, 9.17) is 16.3 Å². The van der Waals surface area contributed by atoms with E-state index < -0.39 is 0 Å². The maximum absolute atomic E-state index is 13.1. The fourth-order valence-corrected chi connectivity index (χ4v) is 4.67. The van der Waals surface area contributed by atoms with Crippen LogP contribution in [0.3, 0.4) is 0 Å². The average Bonchev–Trinajstić information content (AvgIpc) is 3.32. The van der Waals surface area contributed by atoms with Crippen LogP contribution in [0.2, 0.25) is 5.02 Å². The Bertz CT molecular complexity index is 1350. The van der Waals surface area contributed by atoms with Gasteiger partial charge in [0.1, 0.15) is 6.61 Å². The van der Waals surface area contributed by atoms with Crippen molar-refractivity contribution in [1.29, 1.82) is 0 Å². The van der Waals surface area contributed by atoms with Crippen LogP contribution in [0.5, 0.6) is 5.75 Å². The van der Waals surface area contributed by atoms with Crippen molar-refractivity contribution in [3.8, 4) is 5.75 Å². The van der Waals surface area contributed by atoms with E-state index in [9.17, 15) is 4.79 Å². The van der Waals surface area contributed by atoms with Crippen molar-refractivity contribution in [1.82, 2.24) is 14.9 Å². The zero-order valence-electron chi connectivity index (χ0n) is 20.3. The Labute approximate surface area is 216 Å². The van der Waals surface area contributed by atoms with Crippen LogP contribution in [0.25, 0.3) is 0 Å². The van der Waals surface area contributed by atoms with Crippen molar-refractivity contribution in [2.75, 3.05) is 24.6 Å². The zero-order valence-corrected chi connectivity index (χ0v) is 21.0. The number of carbonyl (C=O) groups is 1. The Morgan fingerprint density at radius 1 is 1.06 bits per heavy atom. The number of fused-ring (bicyclic) bond motifs is 1. The number of hydrogen-bond acceptors (Lipinski definition) is 4. The molecule has 4 aromatic rings. The maximum atomic E-state index is 13.1. The smallest absolute Gasteiger partial charge is 0.255 e. The molecule has 3 aromatic carbocycles. The van der Waals surface area contributed by atoms with Crippen LogP contribution in [0, 0.1) is 6.92 Å². The second-order valence-corrected chi connectivity index (χ2v) is 9.43. The third kappa shape index (κ3) is 5.39. The maximum Gasteiger partial charge on any atom is 0.255 e. The lowest BCUT2D eigenvalue weighted by Crippen LogP contribution is -2.34. The molecule has 0 aliphatic carbocycles. The molecule has 2 heterocycles. The number of ether oxygens (including phenoxy) is 1. The molecule has 0 radical (unpaired) electrons. The molecule has 0 saturated carbocycles. The van der Waals surface area contributed by atoms with Crippen LogP contribution in [0.4, 0.5) is 5.69 Å². The summed E-state index contributed by atoms with van der Waals surface area (Å²) in [5, 5.41) is 3.79. The van der Waals surface area contributed by atoms with E-state index in [1.165, 1.54) is 11.1 Å². The summed E-state index contributed by atoms with van der Waals surface area (Å²) in [4.78, 5) is 19.7. The van der Waals surface area contributed by atoms with Gasteiger partial charge in [0, 0.05) is 24.3 Å². The fraction of sp³-hybridized carbons (Fsp3) is 0.241. The lowest BCUT2D eigenvalue weighted by atomic mass is 10.1. The first-order chi connectivity index (χ1) is 17.6. The summed E-state index contributed by atoms with van der Waals surface area (Å²) in [7, 11) is 0. The summed E-state index contributed by atoms with van der Waals surface area (Å²) in [5.74, 6) is 0.524. The highest BCUT2D eigenvalue weighted by atomic mass is 35.5. The Kier molecular flexibility index (Phi) is 7.23. The Hall–Kier alpha value is -3.77. The number of nitrogens with zero attached hydrogens (tertiary/aromatic N) is 3. The van der Waals surface area contributed by atoms with Crippen LogP contribution in [0.1, 0.15) is 32.7 Å². The monoisotopic (exact) mass is 500 g/mol. The van der Waals surface area contributed by atoms with Gasteiger partial charge in [-0.1, -0.05) is 54.1 Å². The number of amides is 1. The fourth-order valence-electron chi connectivity index (χ4n) is 4.55. The standard InChI is InChI=1S/C29H29ClN4O2/c1-21-5-2-3-6-23(21)13-14-32-29(35)26-7-4-8-27-28(26)36-16-15-33(27)19-25-17-31-20-34(25)18-22-9-11-24(30)12-10-22/h2-12,17,20H,13-16,18-19H2,1H3,(H,32,35). The van der Waals surface area contributed by atoms with Gasteiger partial charge in [0.2, 0.25) is 0 Å². The Morgan fingerprint density at radius 3 is 2.72 bits per heavy atom. The molecule has 184 valence electrons. The van der Waals surface area contributed by atoms with Gasteiger partial charge in [-0.05, 0) is 54.3 Å². The molecule has 0 spiro atoms. The minimum Gasteiger partial charge on any atom is -0.489 e. The molecule has 36 heavy (non-hydrogen) atoms. The number of anilines is 1. The van der Waals surface area contributed by atoms with Crippen LogP contribution in [-0.4, -0.2) is 35.2 Å². The molecule has 0 saturated heterocycles. The largest absolute Gasteiger partial charge is 0.489 e. The molecule has 0 unspecified atom stereocenters. The van der Waals surface area contributed by atoms with Gasteiger partial charge in [0.15, 0.2) is 5.75 Å². The molecule has 0 bridgehead atoms. The van der Waals surface area contributed by atoms with Crippen molar-refractivity contribution in [2.45, 2.75) is 26.4 Å².